The molecule has 1 saturated heterocycles. The molecule has 0 saturated carbocycles. The molecule has 0 N–H and O–H groups in total. The van der Waals surface area contributed by atoms with E-state index in [0.29, 0.717) is 28.3 Å². The molecule has 0 spiro atoms. The minimum atomic E-state index is -3.87. The van der Waals surface area contributed by atoms with Crippen molar-refractivity contribution in [3.05, 3.63) is 54.1 Å². The number of halogens is 2. The molecule has 142 valence electrons. The Hall–Kier alpha value is -2.10. The summed E-state index contributed by atoms with van der Waals surface area (Å²) < 4.78 is 60.2. The van der Waals surface area contributed by atoms with Gasteiger partial charge in [0.05, 0.1) is 10.2 Å². The number of hydrogen-bond donors (Lipinski definition) is 0. The third-order valence-corrected chi connectivity index (χ3v) is 7.29. The highest BCUT2D eigenvalue weighted by molar-refractivity contribution is 7.89. The van der Waals surface area contributed by atoms with Gasteiger partial charge in [0, 0.05) is 13.1 Å². The number of ether oxygens (including phenoxy) is 1. The lowest BCUT2D eigenvalue weighted by molar-refractivity contribution is 0.135. The second-order valence-electron chi connectivity index (χ2n) is 6.24. The van der Waals surface area contributed by atoms with E-state index < -0.39 is 15.8 Å². The van der Waals surface area contributed by atoms with Crippen molar-refractivity contribution < 1.29 is 21.9 Å². The first-order valence-corrected chi connectivity index (χ1v) is 10.7. The molecule has 2 aromatic carbocycles. The molecule has 0 unspecified atom stereocenters. The quantitative estimate of drug-likeness (QED) is 0.656. The number of sulfonamides is 1. The molecule has 0 bridgehead atoms. The molecule has 0 aliphatic carbocycles. The standard InChI is InChI=1S/C18H16F2N2O3S2/c19-12-5-6-15-16(11-12)26-18(21-15)25-13-7-9-22(10-8-13)27(23,24)17-4-2-1-3-14(17)20/h1-6,11,13H,7-10H2. The lowest BCUT2D eigenvalue weighted by atomic mass is 10.1. The summed E-state index contributed by atoms with van der Waals surface area (Å²) in [5.41, 5.74) is 0.663. The van der Waals surface area contributed by atoms with Gasteiger partial charge in [0.15, 0.2) is 0 Å². The molecule has 1 aliphatic rings. The van der Waals surface area contributed by atoms with E-state index in [1.54, 1.807) is 6.07 Å². The first-order chi connectivity index (χ1) is 12.9. The van der Waals surface area contributed by atoms with Crippen LogP contribution in [0.2, 0.25) is 0 Å². The van der Waals surface area contributed by atoms with Gasteiger partial charge in [0.25, 0.3) is 5.19 Å². The summed E-state index contributed by atoms with van der Waals surface area (Å²) in [5, 5.41) is 0.436. The number of nitrogens with zero attached hydrogens (tertiary/aromatic N) is 2. The van der Waals surface area contributed by atoms with E-state index in [1.165, 1.54) is 46.0 Å². The first kappa shape index (κ1) is 18.3. The average molecular weight is 410 g/mol. The van der Waals surface area contributed by atoms with Crippen molar-refractivity contribution in [3.63, 3.8) is 0 Å². The highest BCUT2D eigenvalue weighted by Crippen LogP contribution is 2.31. The number of benzene rings is 2. The van der Waals surface area contributed by atoms with Crippen molar-refractivity contribution in [1.29, 1.82) is 0 Å². The lowest BCUT2D eigenvalue weighted by Gasteiger charge is -2.30. The van der Waals surface area contributed by atoms with E-state index in [4.69, 9.17) is 4.74 Å². The largest absolute Gasteiger partial charge is 0.467 e. The fourth-order valence-corrected chi connectivity index (χ4v) is 5.49. The first-order valence-electron chi connectivity index (χ1n) is 8.41. The zero-order valence-electron chi connectivity index (χ0n) is 14.1. The van der Waals surface area contributed by atoms with E-state index in [1.807, 2.05) is 0 Å². The Balaban J connectivity index is 1.43. The molecule has 9 heteroatoms. The van der Waals surface area contributed by atoms with Crippen LogP contribution in [0.15, 0.2) is 47.4 Å². The molecular formula is C18H16F2N2O3S2. The fourth-order valence-electron chi connectivity index (χ4n) is 3.05. The van der Waals surface area contributed by atoms with E-state index in [2.05, 4.69) is 4.98 Å². The van der Waals surface area contributed by atoms with Crippen LogP contribution >= 0.6 is 11.3 Å². The van der Waals surface area contributed by atoms with Crippen molar-refractivity contribution >= 4 is 31.6 Å². The van der Waals surface area contributed by atoms with E-state index in [0.717, 1.165) is 6.07 Å². The molecule has 4 rings (SSSR count). The van der Waals surface area contributed by atoms with Crippen LogP contribution in [0.4, 0.5) is 8.78 Å². The van der Waals surface area contributed by atoms with Crippen LogP contribution in [0.25, 0.3) is 10.2 Å². The maximum absolute atomic E-state index is 13.9. The minimum absolute atomic E-state index is 0.192. The predicted octanol–water partition coefficient (Wildman–Crippen LogP) is 3.81. The second kappa shape index (κ2) is 7.14. The number of fused-ring (bicyclic) bond motifs is 1. The second-order valence-corrected chi connectivity index (χ2v) is 9.14. The summed E-state index contributed by atoms with van der Waals surface area (Å²) in [6.45, 7) is 0.474. The molecule has 3 aromatic rings. The van der Waals surface area contributed by atoms with Gasteiger partial charge >= 0.3 is 0 Å². The Morgan fingerprint density at radius 3 is 2.59 bits per heavy atom. The highest BCUT2D eigenvalue weighted by atomic mass is 32.2. The van der Waals surface area contributed by atoms with Gasteiger partial charge in [-0.05, 0) is 43.2 Å². The van der Waals surface area contributed by atoms with Gasteiger partial charge in [-0.3, -0.25) is 0 Å². The number of hydrogen-bond acceptors (Lipinski definition) is 5. The molecule has 0 radical (unpaired) electrons. The Bertz CT molecular complexity index is 1080. The zero-order chi connectivity index (χ0) is 19.0. The van der Waals surface area contributed by atoms with Gasteiger partial charge in [-0.2, -0.15) is 4.31 Å². The van der Waals surface area contributed by atoms with Gasteiger partial charge in [0.2, 0.25) is 10.0 Å². The van der Waals surface area contributed by atoms with Crippen LogP contribution in [0.3, 0.4) is 0 Å². The highest BCUT2D eigenvalue weighted by Gasteiger charge is 2.32. The van der Waals surface area contributed by atoms with Gasteiger partial charge in [-0.1, -0.05) is 23.5 Å². The maximum Gasteiger partial charge on any atom is 0.274 e. The van der Waals surface area contributed by atoms with Gasteiger partial charge in [0.1, 0.15) is 22.6 Å². The van der Waals surface area contributed by atoms with Crippen LogP contribution in [0.5, 0.6) is 5.19 Å². The summed E-state index contributed by atoms with van der Waals surface area (Å²) in [5.74, 6) is -1.08. The molecular weight excluding hydrogens is 394 g/mol. The van der Waals surface area contributed by atoms with Gasteiger partial charge < -0.3 is 4.74 Å². The van der Waals surface area contributed by atoms with Crippen LogP contribution in [-0.4, -0.2) is 36.9 Å². The minimum Gasteiger partial charge on any atom is -0.467 e. The Morgan fingerprint density at radius 2 is 1.85 bits per heavy atom. The number of thiazole rings is 1. The summed E-state index contributed by atoms with van der Waals surface area (Å²) >= 11 is 1.26. The molecule has 2 heterocycles. The smallest absolute Gasteiger partial charge is 0.274 e. The summed E-state index contributed by atoms with van der Waals surface area (Å²) in [6.07, 6.45) is 0.748. The van der Waals surface area contributed by atoms with Gasteiger partial charge in [-0.15, -0.1) is 0 Å². The monoisotopic (exact) mass is 410 g/mol. The third kappa shape index (κ3) is 3.67. The van der Waals surface area contributed by atoms with Crippen LogP contribution in [0.1, 0.15) is 12.8 Å². The van der Waals surface area contributed by atoms with E-state index in [-0.39, 0.29) is 29.9 Å². The average Bonchev–Trinajstić information content (AvgIpc) is 3.03. The SMILES string of the molecule is O=S(=O)(c1ccccc1F)N1CCC(Oc2nc3ccc(F)cc3s2)CC1. The van der Waals surface area contributed by atoms with Crippen molar-refractivity contribution in [3.8, 4) is 5.19 Å². The lowest BCUT2D eigenvalue weighted by Crippen LogP contribution is -2.41. The van der Waals surface area contributed by atoms with Crippen molar-refractivity contribution in [2.24, 2.45) is 0 Å². The molecule has 0 amide bonds. The predicted molar refractivity (Wildman–Crippen MR) is 98.4 cm³/mol. The van der Waals surface area contributed by atoms with Crippen molar-refractivity contribution in [2.75, 3.05) is 13.1 Å². The Labute approximate surface area is 159 Å². The zero-order valence-corrected chi connectivity index (χ0v) is 15.8. The molecule has 5 nitrogen and oxygen atoms in total. The third-order valence-electron chi connectivity index (χ3n) is 4.45. The molecule has 1 aromatic heterocycles. The van der Waals surface area contributed by atoms with Crippen LogP contribution < -0.4 is 4.74 Å². The topological polar surface area (TPSA) is 59.5 Å². The number of piperidine rings is 1. The van der Waals surface area contributed by atoms with Crippen molar-refractivity contribution in [1.82, 2.24) is 9.29 Å². The van der Waals surface area contributed by atoms with Crippen LogP contribution in [-0.2, 0) is 10.0 Å². The van der Waals surface area contributed by atoms with Crippen LogP contribution in [0, 0.1) is 11.6 Å². The molecule has 27 heavy (non-hydrogen) atoms. The van der Waals surface area contributed by atoms with E-state index >= 15 is 0 Å². The summed E-state index contributed by atoms with van der Waals surface area (Å²) in [6, 6.07) is 9.71. The normalized spacial score (nSPS) is 16.7. The maximum atomic E-state index is 13.9. The number of aromatic nitrogens is 1. The fraction of sp³-hybridized carbons (Fsp3) is 0.278. The summed E-state index contributed by atoms with van der Waals surface area (Å²) in [4.78, 5) is 4.02. The molecule has 1 aliphatic heterocycles. The molecule has 1 fully saturated rings. The van der Waals surface area contributed by atoms with Crippen molar-refractivity contribution in [2.45, 2.75) is 23.8 Å². The van der Waals surface area contributed by atoms with E-state index in [9.17, 15) is 17.2 Å². The number of rotatable bonds is 4. The Morgan fingerprint density at radius 1 is 1.11 bits per heavy atom. The molecule has 0 atom stereocenters. The summed E-state index contributed by atoms with van der Waals surface area (Å²) in [7, 11) is -3.87. The Kier molecular flexibility index (Phi) is 4.83. The van der Waals surface area contributed by atoms with Gasteiger partial charge in [-0.25, -0.2) is 22.2 Å².